The van der Waals surface area contributed by atoms with Crippen LogP contribution in [0.2, 0.25) is 0 Å². The molecule has 2 N–H and O–H groups in total. The van der Waals surface area contributed by atoms with Gasteiger partial charge in [0.1, 0.15) is 0 Å². The predicted molar refractivity (Wildman–Crippen MR) is 81.0 cm³/mol. The summed E-state index contributed by atoms with van der Waals surface area (Å²) in [6.45, 7) is 2.68. The fourth-order valence-corrected chi connectivity index (χ4v) is 2.15. The van der Waals surface area contributed by atoms with E-state index in [1.54, 1.807) is 0 Å². The van der Waals surface area contributed by atoms with Crippen molar-refractivity contribution in [2.24, 2.45) is 0 Å². The number of halogens is 3. The van der Waals surface area contributed by atoms with E-state index in [0.717, 1.165) is 19.3 Å². The molecule has 0 fully saturated rings. The van der Waals surface area contributed by atoms with E-state index in [1.807, 2.05) is 0 Å². The van der Waals surface area contributed by atoms with Crippen molar-refractivity contribution >= 4 is 5.95 Å². The number of H-pyrrole nitrogens is 1. The molecular formula is C15H24F3N3O. The Hall–Kier alpha value is -1.53. The van der Waals surface area contributed by atoms with Gasteiger partial charge in [0.2, 0.25) is 5.95 Å². The molecule has 0 spiro atoms. The lowest BCUT2D eigenvalue weighted by Crippen LogP contribution is -2.19. The van der Waals surface area contributed by atoms with Crippen LogP contribution in [0.1, 0.15) is 64.0 Å². The Morgan fingerprint density at radius 3 is 2.27 bits per heavy atom. The number of anilines is 1. The van der Waals surface area contributed by atoms with E-state index in [1.165, 1.54) is 32.1 Å². The standard InChI is InChI=1S/C15H24F3N3O/c1-2-3-4-5-6-7-8-9-10-19-14-20-12(15(16,17)18)11-13(22)21-14/h11H,2-10H2,1H3,(H2,19,20,21,22). The van der Waals surface area contributed by atoms with Crippen LogP contribution in [0.4, 0.5) is 19.1 Å². The predicted octanol–water partition coefficient (Wildman–Crippen LogP) is 4.34. The van der Waals surface area contributed by atoms with Crippen LogP contribution in [-0.4, -0.2) is 16.5 Å². The highest BCUT2D eigenvalue weighted by Gasteiger charge is 2.33. The van der Waals surface area contributed by atoms with Crippen LogP contribution < -0.4 is 10.9 Å². The second-order valence-electron chi connectivity index (χ2n) is 5.38. The van der Waals surface area contributed by atoms with Crippen molar-refractivity contribution in [3.05, 3.63) is 22.1 Å². The lowest BCUT2D eigenvalue weighted by Gasteiger charge is -2.09. The third-order valence-electron chi connectivity index (χ3n) is 3.35. The largest absolute Gasteiger partial charge is 0.433 e. The summed E-state index contributed by atoms with van der Waals surface area (Å²) in [7, 11) is 0. The van der Waals surface area contributed by atoms with Gasteiger partial charge in [-0.2, -0.15) is 13.2 Å². The number of hydrogen-bond donors (Lipinski definition) is 2. The van der Waals surface area contributed by atoms with E-state index in [-0.39, 0.29) is 5.95 Å². The summed E-state index contributed by atoms with van der Waals surface area (Å²) in [6.07, 6.45) is 4.58. The number of rotatable bonds is 10. The number of unbranched alkanes of at least 4 members (excludes halogenated alkanes) is 7. The van der Waals surface area contributed by atoms with Crippen molar-refractivity contribution in [2.45, 2.75) is 64.5 Å². The van der Waals surface area contributed by atoms with Crippen LogP contribution in [0.15, 0.2) is 10.9 Å². The van der Waals surface area contributed by atoms with Crippen molar-refractivity contribution in [3.8, 4) is 0 Å². The first-order valence-corrected chi connectivity index (χ1v) is 7.86. The van der Waals surface area contributed by atoms with Crippen molar-refractivity contribution in [3.63, 3.8) is 0 Å². The quantitative estimate of drug-likeness (QED) is 0.631. The lowest BCUT2D eigenvalue weighted by atomic mass is 10.1. The van der Waals surface area contributed by atoms with E-state index < -0.39 is 17.4 Å². The van der Waals surface area contributed by atoms with Crippen LogP contribution in [0, 0.1) is 0 Å². The molecule has 0 amide bonds. The SMILES string of the molecule is CCCCCCCCCCNc1nc(C(F)(F)F)cc(=O)[nH]1. The Bertz CT molecular complexity index is 486. The molecule has 7 heteroatoms. The third-order valence-corrected chi connectivity index (χ3v) is 3.35. The maximum absolute atomic E-state index is 12.5. The molecule has 1 rings (SSSR count). The summed E-state index contributed by atoms with van der Waals surface area (Å²) in [6, 6.07) is 0.460. The molecule has 0 radical (unpaired) electrons. The Morgan fingerprint density at radius 2 is 1.68 bits per heavy atom. The van der Waals surface area contributed by atoms with Gasteiger partial charge in [0.05, 0.1) is 0 Å². The highest BCUT2D eigenvalue weighted by Crippen LogP contribution is 2.26. The van der Waals surface area contributed by atoms with Gasteiger partial charge < -0.3 is 5.32 Å². The van der Waals surface area contributed by atoms with E-state index in [4.69, 9.17) is 0 Å². The van der Waals surface area contributed by atoms with Gasteiger partial charge in [-0.05, 0) is 6.42 Å². The van der Waals surface area contributed by atoms with E-state index >= 15 is 0 Å². The second kappa shape index (κ2) is 9.48. The summed E-state index contributed by atoms with van der Waals surface area (Å²) in [5.74, 6) is -0.122. The summed E-state index contributed by atoms with van der Waals surface area (Å²) in [5, 5.41) is 2.74. The summed E-state index contributed by atoms with van der Waals surface area (Å²) in [4.78, 5) is 16.8. The van der Waals surface area contributed by atoms with E-state index in [2.05, 4.69) is 22.2 Å². The first kappa shape index (κ1) is 18.5. The smallest absolute Gasteiger partial charge is 0.356 e. The summed E-state index contributed by atoms with van der Waals surface area (Å²) in [5.41, 5.74) is -1.98. The molecule has 0 saturated carbocycles. The zero-order valence-corrected chi connectivity index (χ0v) is 12.9. The number of aromatic amines is 1. The van der Waals surface area contributed by atoms with Crippen LogP contribution in [0.25, 0.3) is 0 Å². The van der Waals surface area contributed by atoms with Gasteiger partial charge in [0.15, 0.2) is 5.69 Å². The van der Waals surface area contributed by atoms with Crippen molar-refractivity contribution in [1.29, 1.82) is 0 Å². The topological polar surface area (TPSA) is 57.8 Å². The first-order valence-electron chi connectivity index (χ1n) is 7.86. The van der Waals surface area contributed by atoms with Crippen molar-refractivity contribution < 1.29 is 13.2 Å². The minimum Gasteiger partial charge on any atom is -0.356 e. The molecule has 0 aliphatic carbocycles. The molecule has 1 aromatic heterocycles. The van der Waals surface area contributed by atoms with E-state index in [0.29, 0.717) is 12.6 Å². The molecular weight excluding hydrogens is 295 g/mol. The van der Waals surface area contributed by atoms with Gasteiger partial charge in [-0.25, -0.2) is 4.98 Å². The van der Waals surface area contributed by atoms with Gasteiger partial charge in [0.25, 0.3) is 5.56 Å². The van der Waals surface area contributed by atoms with Gasteiger partial charge in [-0.15, -0.1) is 0 Å². The van der Waals surface area contributed by atoms with Gasteiger partial charge in [0, 0.05) is 12.6 Å². The van der Waals surface area contributed by atoms with Gasteiger partial charge >= 0.3 is 6.18 Å². The Kier molecular flexibility index (Phi) is 7.98. The molecule has 4 nitrogen and oxygen atoms in total. The molecule has 1 heterocycles. The molecule has 0 saturated heterocycles. The maximum Gasteiger partial charge on any atom is 0.433 e. The molecule has 0 aliphatic rings. The Labute approximate surface area is 128 Å². The highest BCUT2D eigenvalue weighted by molar-refractivity contribution is 5.25. The molecule has 0 atom stereocenters. The fourth-order valence-electron chi connectivity index (χ4n) is 2.15. The molecule has 126 valence electrons. The average molecular weight is 319 g/mol. The zero-order chi connectivity index (χ0) is 16.4. The van der Waals surface area contributed by atoms with E-state index in [9.17, 15) is 18.0 Å². The molecule has 1 aromatic rings. The lowest BCUT2D eigenvalue weighted by molar-refractivity contribution is -0.141. The van der Waals surface area contributed by atoms with Crippen molar-refractivity contribution in [2.75, 3.05) is 11.9 Å². The van der Waals surface area contributed by atoms with Gasteiger partial charge in [-0.1, -0.05) is 51.9 Å². The number of aromatic nitrogens is 2. The van der Waals surface area contributed by atoms with Crippen LogP contribution in [0.3, 0.4) is 0 Å². The summed E-state index contributed by atoms with van der Waals surface area (Å²) >= 11 is 0. The molecule has 0 unspecified atom stereocenters. The Morgan fingerprint density at radius 1 is 1.09 bits per heavy atom. The monoisotopic (exact) mass is 319 g/mol. The van der Waals surface area contributed by atoms with Crippen LogP contribution >= 0.6 is 0 Å². The number of nitrogens with one attached hydrogen (secondary N) is 2. The molecule has 22 heavy (non-hydrogen) atoms. The van der Waals surface area contributed by atoms with Crippen LogP contribution in [0.5, 0.6) is 0 Å². The Balaban J connectivity index is 2.25. The van der Waals surface area contributed by atoms with Crippen molar-refractivity contribution in [1.82, 2.24) is 9.97 Å². The number of alkyl halides is 3. The molecule has 0 bridgehead atoms. The highest BCUT2D eigenvalue weighted by atomic mass is 19.4. The minimum absolute atomic E-state index is 0.122. The second-order valence-corrected chi connectivity index (χ2v) is 5.38. The van der Waals surface area contributed by atoms with Crippen LogP contribution in [-0.2, 0) is 6.18 Å². The molecule has 0 aromatic carbocycles. The molecule has 0 aliphatic heterocycles. The normalized spacial score (nSPS) is 11.6. The third kappa shape index (κ3) is 7.47. The summed E-state index contributed by atoms with van der Waals surface area (Å²) < 4.78 is 37.6. The number of hydrogen-bond acceptors (Lipinski definition) is 3. The average Bonchev–Trinajstić information content (AvgIpc) is 2.44. The minimum atomic E-state index is -4.61. The zero-order valence-electron chi connectivity index (χ0n) is 12.9. The fraction of sp³-hybridized carbons (Fsp3) is 0.733. The first-order chi connectivity index (χ1) is 10.4. The maximum atomic E-state index is 12.5. The number of nitrogens with zero attached hydrogens (tertiary/aromatic N) is 1. The van der Waals surface area contributed by atoms with Gasteiger partial charge in [-0.3, -0.25) is 9.78 Å².